The predicted octanol–water partition coefficient (Wildman–Crippen LogP) is 4.29. The summed E-state index contributed by atoms with van der Waals surface area (Å²) in [5.41, 5.74) is 9.17. The van der Waals surface area contributed by atoms with E-state index in [1.54, 1.807) is 30.3 Å². The van der Waals surface area contributed by atoms with Crippen molar-refractivity contribution in [2.24, 2.45) is 0 Å². The Balaban J connectivity index is 0.000000198. The molecule has 0 aliphatic rings. The molecule has 0 heterocycles. The first-order valence-electron chi connectivity index (χ1n) is 7.66. The van der Waals surface area contributed by atoms with Gasteiger partial charge < -0.3 is 21.3 Å². The molecule has 3 aromatic carbocycles. The first kappa shape index (κ1) is 17.2. The zero-order valence-electron chi connectivity index (χ0n) is 13.6. The molecule has 0 saturated carbocycles. The molecule has 0 bridgehead atoms. The third-order valence-corrected chi connectivity index (χ3v) is 3.43. The Bertz CT molecular complexity index is 756. The van der Waals surface area contributed by atoms with Gasteiger partial charge in [0.15, 0.2) is 0 Å². The van der Waals surface area contributed by atoms with Crippen LogP contribution in [0.5, 0.6) is 11.5 Å². The number of hydrogen-bond donors (Lipinski definition) is 4. The van der Waals surface area contributed by atoms with E-state index in [1.807, 2.05) is 37.3 Å². The fourth-order valence-corrected chi connectivity index (χ4v) is 2.06. The summed E-state index contributed by atoms with van der Waals surface area (Å²) in [6, 6.07) is 22.3. The number of nitrogens with one attached hydrogen (secondary N) is 1. The second kappa shape index (κ2) is 8.48. The van der Waals surface area contributed by atoms with E-state index in [9.17, 15) is 0 Å². The number of rotatable bonds is 3. The lowest BCUT2D eigenvalue weighted by atomic mass is 10.2. The summed E-state index contributed by atoms with van der Waals surface area (Å²) in [4.78, 5) is 0. The normalized spacial score (nSPS) is 9.71. The highest BCUT2D eigenvalue weighted by Gasteiger charge is 1.93. The van der Waals surface area contributed by atoms with Crippen molar-refractivity contribution in [3.8, 4) is 11.5 Å². The maximum Gasteiger partial charge on any atom is 0.118 e. The van der Waals surface area contributed by atoms with Crippen LogP contribution in [0.4, 0.5) is 11.4 Å². The monoisotopic (exact) mass is 322 g/mol. The highest BCUT2D eigenvalue weighted by molar-refractivity contribution is 5.47. The topological polar surface area (TPSA) is 78.5 Å². The first-order chi connectivity index (χ1) is 11.5. The van der Waals surface area contributed by atoms with Crippen molar-refractivity contribution in [3.63, 3.8) is 0 Å². The van der Waals surface area contributed by atoms with Crippen molar-refractivity contribution >= 4 is 11.4 Å². The van der Waals surface area contributed by atoms with Crippen molar-refractivity contribution in [2.45, 2.75) is 13.5 Å². The molecule has 24 heavy (non-hydrogen) atoms. The van der Waals surface area contributed by atoms with Crippen LogP contribution < -0.4 is 11.1 Å². The minimum absolute atomic E-state index is 0.292. The second-order valence-electron chi connectivity index (χ2n) is 5.43. The lowest BCUT2D eigenvalue weighted by Crippen LogP contribution is -1.98. The molecule has 0 aliphatic heterocycles. The van der Waals surface area contributed by atoms with Gasteiger partial charge in [-0.25, -0.2) is 0 Å². The summed E-state index contributed by atoms with van der Waals surface area (Å²) in [6.07, 6.45) is 0. The smallest absolute Gasteiger partial charge is 0.118 e. The molecule has 0 radical (unpaired) electrons. The summed E-state index contributed by atoms with van der Waals surface area (Å²) in [7, 11) is 0. The number of hydrogen-bond acceptors (Lipinski definition) is 4. The molecule has 0 saturated heterocycles. The van der Waals surface area contributed by atoms with Crippen LogP contribution in [-0.2, 0) is 6.54 Å². The van der Waals surface area contributed by atoms with E-state index in [2.05, 4.69) is 17.4 Å². The molecule has 5 N–H and O–H groups in total. The zero-order chi connectivity index (χ0) is 17.4. The van der Waals surface area contributed by atoms with E-state index in [4.69, 9.17) is 15.9 Å². The third kappa shape index (κ3) is 5.57. The van der Waals surface area contributed by atoms with Crippen LogP contribution in [-0.4, -0.2) is 10.2 Å². The van der Waals surface area contributed by atoms with E-state index in [0.717, 1.165) is 17.8 Å². The largest absolute Gasteiger partial charge is 0.508 e. The molecule has 0 aromatic heterocycles. The second-order valence-corrected chi connectivity index (χ2v) is 5.43. The predicted molar refractivity (Wildman–Crippen MR) is 99.1 cm³/mol. The van der Waals surface area contributed by atoms with E-state index >= 15 is 0 Å². The molecule has 0 atom stereocenters. The number of nitrogens with two attached hydrogens (primary N) is 1. The number of anilines is 2. The summed E-state index contributed by atoms with van der Waals surface area (Å²) < 4.78 is 0. The molecule has 3 rings (SSSR count). The highest BCUT2D eigenvalue weighted by Crippen LogP contribution is 2.17. The van der Waals surface area contributed by atoms with Crippen molar-refractivity contribution in [1.29, 1.82) is 0 Å². The van der Waals surface area contributed by atoms with Crippen molar-refractivity contribution in [3.05, 3.63) is 83.9 Å². The Morgan fingerprint density at radius 3 is 2.12 bits per heavy atom. The fourth-order valence-electron chi connectivity index (χ4n) is 2.06. The number of benzene rings is 3. The Labute approximate surface area is 142 Å². The summed E-state index contributed by atoms with van der Waals surface area (Å²) >= 11 is 0. The first-order valence-corrected chi connectivity index (χ1v) is 7.66. The van der Waals surface area contributed by atoms with E-state index in [0.29, 0.717) is 17.2 Å². The van der Waals surface area contributed by atoms with Gasteiger partial charge in [0, 0.05) is 17.9 Å². The summed E-state index contributed by atoms with van der Waals surface area (Å²) in [5, 5.41) is 21.4. The molecular weight excluding hydrogens is 300 g/mol. The lowest BCUT2D eigenvalue weighted by Gasteiger charge is -2.06. The van der Waals surface area contributed by atoms with Gasteiger partial charge in [0.1, 0.15) is 11.5 Å². The molecule has 4 nitrogen and oxygen atoms in total. The SMILES string of the molecule is Cc1cc(N)ccc1O.Oc1ccc(NCc2ccccc2)cc1. The Hall–Kier alpha value is -3.14. The Kier molecular flexibility index (Phi) is 6.08. The van der Waals surface area contributed by atoms with Gasteiger partial charge in [0.25, 0.3) is 0 Å². The van der Waals surface area contributed by atoms with Gasteiger partial charge >= 0.3 is 0 Å². The molecule has 124 valence electrons. The van der Waals surface area contributed by atoms with E-state index in [-0.39, 0.29) is 0 Å². The lowest BCUT2D eigenvalue weighted by molar-refractivity contribution is 0.471. The average Bonchev–Trinajstić information content (AvgIpc) is 2.59. The highest BCUT2D eigenvalue weighted by atomic mass is 16.3. The van der Waals surface area contributed by atoms with Gasteiger partial charge in [-0.05, 0) is 60.5 Å². The number of aromatic hydroxyl groups is 2. The van der Waals surface area contributed by atoms with Gasteiger partial charge in [-0.3, -0.25) is 0 Å². The number of nitrogen functional groups attached to an aromatic ring is 1. The van der Waals surface area contributed by atoms with Gasteiger partial charge in [-0.15, -0.1) is 0 Å². The minimum Gasteiger partial charge on any atom is -0.508 e. The minimum atomic E-state index is 0.292. The zero-order valence-corrected chi connectivity index (χ0v) is 13.6. The van der Waals surface area contributed by atoms with Crippen LogP contribution in [0.15, 0.2) is 72.8 Å². The van der Waals surface area contributed by atoms with E-state index in [1.165, 1.54) is 5.56 Å². The van der Waals surface area contributed by atoms with Crippen LogP contribution in [0.3, 0.4) is 0 Å². The standard InChI is InChI=1S/C13H13NO.C7H9NO/c15-13-8-6-12(7-9-13)14-10-11-4-2-1-3-5-11;1-5-4-6(8)2-3-7(5)9/h1-9,14-15H,10H2;2-4,9H,8H2,1H3. The maximum absolute atomic E-state index is 9.11. The fraction of sp³-hybridized carbons (Fsp3) is 0.100. The molecule has 0 fully saturated rings. The van der Waals surface area contributed by atoms with Gasteiger partial charge in [0.05, 0.1) is 0 Å². The maximum atomic E-state index is 9.11. The van der Waals surface area contributed by atoms with Crippen molar-refractivity contribution in [2.75, 3.05) is 11.1 Å². The Morgan fingerprint density at radius 1 is 0.875 bits per heavy atom. The summed E-state index contributed by atoms with van der Waals surface area (Å²) in [5.74, 6) is 0.587. The van der Waals surface area contributed by atoms with Gasteiger partial charge in [-0.2, -0.15) is 0 Å². The van der Waals surface area contributed by atoms with Gasteiger partial charge in [-0.1, -0.05) is 30.3 Å². The molecule has 3 aromatic rings. The van der Waals surface area contributed by atoms with Crippen LogP contribution in [0.2, 0.25) is 0 Å². The van der Waals surface area contributed by atoms with Crippen LogP contribution in [0.1, 0.15) is 11.1 Å². The van der Waals surface area contributed by atoms with Crippen molar-refractivity contribution < 1.29 is 10.2 Å². The number of phenols is 2. The van der Waals surface area contributed by atoms with Crippen molar-refractivity contribution in [1.82, 2.24) is 0 Å². The van der Waals surface area contributed by atoms with Crippen LogP contribution in [0, 0.1) is 6.92 Å². The molecule has 0 spiro atoms. The van der Waals surface area contributed by atoms with Gasteiger partial charge in [0.2, 0.25) is 0 Å². The molecular formula is C20H22N2O2. The summed E-state index contributed by atoms with van der Waals surface area (Å²) in [6.45, 7) is 2.61. The quantitative estimate of drug-likeness (QED) is 0.428. The third-order valence-electron chi connectivity index (χ3n) is 3.43. The number of aryl methyl sites for hydroxylation is 1. The van der Waals surface area contributed by atoms with Crippen LogP contribution >= 0.6 is 0 Å². The molecule has 0 aliphatic carbocycles. The number of phenolic OH excluding ortho intramolecular Hbond substituents is 2. The van der Waals surface area contributed by atoms with Crippen LogP contribution in [0.25, 0.3) is 0 Å². The van der Waals surface area contributed by atoms with E-state index < -0.39 is 0 Å². The Morgan fingerprint density at radius 2 is 1.54 bits per heavy atom. The molecule has 4 heteroatoms. The molecule has 0 unspecified atom stereocenters. The average molecular weight is 322 g/mol. The molecule has 0 amide bonds.